The van der Waals surface area contributed by atoms with Crippen molar-refractivity contribution >= 4 is 26.6 Å². The number of anilines is 1. The zero-order valence-corrected chi connectivity index (χ0v) is 12.9. The highest BCUT2D eigenvalue weighted by Crippen LogP contribution is 2.25. The Morgan fingerprint density at radius 3 is 2.71 bits per heavy atom. The molecule has 0 saturated heterocycles. The van der Waals surface area contributed by atoms with Crippen molar-refractivity contribution in [2.45, 2.75) is 31.2 Å². The van der Waals surface area contributed by atoms with Gasteiger partial charge in [-0.15, -0.1) is 0 Å². The Bertz CT molecular complexity index is 722. The van der Waals surface area contributed by atoms with Gasteiger partial charge in [-0.3, -0.25) is 0 Å². The molecule has 1 heterocycles. The second kappa shape index (κ2) is 6.05. The number of nitrogens with one attached hydrogen (secondary N) is 2. The van der Waals surface area contributed by atoms with Crippen molar-refractivity contribution < 1.29 is 13.5 Å². The molecule has 0 aliphatic carbocycles. The highest BCUT2D eigenvalue weighted by Gasteiger charge is 2.24. The molecule has 21 heavy (non-hydrogen) atoms. The van der Waals surface area contributed by atoms with Gasteiger partial charge in [-0.2, -0.15) is 0 Å². The maximum absolute atomic E-state index is 12.5. The van der Waals surface area contributed by atoms with E-state index in [9.17, 15) is 8.42 Å². The molecule has 1 aromatic heterocycles. The Balaban J connectivity index is 2.37. The molecule has 0 fully saturated rings. The van der Waals surface area contributed by atoms with Crippen LogP contribution in [0.1, 0.15) is 20.3 Å². The van der Waals surface area contributed by atoms with Gasteiger partial charge < -0.3 is 15.8 Å². The van der Waals surface area contributed by atoms with Crippen LogP contribution in [0, 0.1) is 5.92 Å². The van der Waals surface area contributed by atoms with Crippen molar-refractivity contribution in [3.63, 3.8) is 0 Å². The molecule has 0 amide bonds. The molecule has 2 aromatic rings. The molecule has 0 aliphatic rings. The van der Waals surface area contributed by atoms with E-state index in [1.165, 1.54) is 6.20 Å². The first-order chi connectivity index (χ1) is 9.85. The minimum absolute atomic E-state index is 0.0597. The van der Waals surface area contributed by atoms with Gasteiger partial charge in [-0.05, 0) is 30.5 Å². The molecule has 0 spiro atoms. The van der Waals surface area contributed by atoms with Gasteiger partial charge in [0.1, 0.15) is 4.90 Å². The molecule has 2 rings (SSSR count). The fourth-order valence-electron chi connectivity index (χ4n) is 2.27. The summed E-state index contributed by atoms with van der Waals surface area (Å²) in [6.45, 7) is 3.77. The molecule has 6 nitrogen and oxygen atoms in total. The van der Waals surface area contributed by atoms with E-state index < -0.39 is 10.0 Å². The number of aromatic nitrogens is 1. The first-order valence-corrected chi connectivity index (χ1v) is 8.33. The number of rotatable bonds is 6. The molecule has 1 unspecified atom stereocenters. The number of nitrogen functional groups attached to an aromatic ring is 1. The summed E-state index contributed by atoms with van der Waals surface area (Å²) >= 11 is 0. The number of hydrogen-bond acceptors (Lipinski definition) is 4. The molecule has 7 heteroatoms. The number of hydrogen-bond donors (Lipinski definition) is 4. The van der Waals surface area contributed by atoms with Gasteiger partial charge in [0.2, 0.25) is 10.0 Å². The Morgan fingerprint density at radius 2 is 2.10 bits per heavy atom. The van der Waals surface area contributed by atoms with Crippen LogP contribution in [0.5, 0.6) is 0 Å². The summed E-state index contributed by atoms with van der Waals surface area (Å²) in [6.07, 6.45) is 1.84. The molecule has 1 aromatic carbocycles. The number of aliphatic hydroxyl groups excluding tert-OH is 1. The summed E-state index contributed by atoms with van der Waals surface area (Å²) in [6, 6.07) is 4.75. The normalized spacial score (nSPS) is 13.9. The number of aliphatic hydroxyl groups is 1. The monoisotopic (exact) mass is 311 g/mol. The molecule has 0 radical (unpaired) electrons. The Hall–Kier alpha value is -1.57. The number of benzene rings is 1. The Labute approximate surface area is 124 Å². The van der Waals surface area contributed by atoms with Crippen LogP contribution in [-0.2, 0) is 10.0 Å². The molecule has 5 N–H and O–H groups in total. The highest BCUT2D eigenvalue weighted by molar-refractivity contribution is 7.89. The number of fused-ring (bicyclic) bond motifs is 1. The van der Waals surface area contributed by atoms with Gasteiger partial charge >= 0.3 is 0 Å². The van der Waals surface area contributed by atoms with Crippen molar-refractivity contribution in [3.05, 3.63) is 24.4 Å². The van der Waals surface area contributed by atoms with Gasteiger partial charge in [0.05, 0.1) is 0 Å². The summed E-state index contributed by atoms with van der Waals surface area (Å²) in [5, 5.41) is 9.66. The molecule has 1 atom stereocenters. The molecule has 0 aliphatic heterocycles. The quantitative estimate of drug-likeness (QED) is 0.605. The predicted molar refractivity (Wildman–Crippen MR) is 83.4 cm³/mol. The second-order valence-electron chi connectivity index (χ2n) is 5.44. The lowest BCUT2D eigenvalue weighted by Crippen LogP contribution is -2.39. The molecule has 116 valence electrons. The second-order valence-corrected chi connectivity index (χ2v) is 7.12. The average molecular weight is 311 g/mol. The van der Waals surface area contributed by atoms with Crippen LogP contribution in [0.3, 0.4) is 0 Å². The van der Waals surface area contributed by atoms with Crippen LogP contribution < -0.4 is 10.5 Å². The largest absolute Gasteiger partial charge is 0.399 e. The first kappa shape index (κ1) is 15.8. The lowest BCUT2D eigenvalue weighted by atomic mass is 10.0. The van der Waals surface area contributed by atoms with Crippen molar-refractivity contribution in [1.29, 1.82) is 0 Å². The summed E-state index contributed by atoms with van der Waals surface area (Å²) in [7, 11) is -3.66. The fraction of sp³-hybridized carbons (Fsp3) is 0.429. The van der Waals surface area contributed by atoms with E-state index in [0.29, 0.717) is 23.0 Å². The average Bonchev–Trinajstić information content (AvgIpc) is 2.81. The summed E-state index contributed by atoms with van der Waals surface area (Å²) in [4.78, 5) is 3.12. The molecular formula is C14H21N3O3S. The third-order valence-electron chi connectivity index (χ3n) is 3.51. The van der Waals surface area contributed by atoms with Gasteiger partial charge in [-0.1, -0.05) is 13.8 Å². The van der Waals surface area contributed by atoms with Crippen LogP contribution in [-0.4, -0.2) is 31.2 Å². The number of aromatic amines is 1. The minimum Gasteiger partial charge on any atom is -0.399 e. The minimum atomic E-state index is -3.66. The van der Waals surface area contributed by atoms with E-state index >= 15 is 0 Å². The fourth-order valence-corrected chi connectivity index (χ4v) is 3.87. The van der Waals surface area contributed by atoms with E-state index in [1.807, 2.05) is 13.8 Å². The van der Waals surface area contributed by atoms with E-state index in [1.54, 1.807) is 18.2 Å². The third-order valence-corrected chi connectivity index (χ3v) is 5.04. The zero-order chi connectivity index (χ0) is 15.6. The number of nitrogens with two attached hydrogens (primary N) is 1. The lowest BCUT2D eigenvalue weighted by molar-refractivity contribution is 0.256. The number of sulfonamides is 1. The van der Waals surface area contributed by atoms with E-state index in [-0.39, 0.29) is 23.5 Å². The zero-order valence-electron chi connectivity index (χ0n) is 12.1. The maximum Gasteiger partial charge on any atom is 0.242 e. The summed E-state index contributed by atoms with van der Waals surface area (Å²) < 4.78 is 27.7. The lowest BCUT2D eigenvalue weighted by Gasteiger charge is -2.21. The van der Waals surface area contributed by atoms with E-state index in [0.717, 1.165) is 0 Å². The third kappa shape index (κ3) is 3.37. The van der Waals surface area contributed by atoms with Gasteiger partial charge in [0, 0.05) is 35.4 Å². The van der Waals surface area contributed by atoms with Crippen molar-refractivity contribution in [3.8, 4) is 0 Å². The van der Waals surface area contributed by atoms with Crippen LogP contribution in [0.4, 0.5) is 5.69 Å². The molecule has 0 saturated carbocycles. The SMILES string of the molecule is CC(C)C(CCO)NS(=O)(=O)c1c[nH]c2cc(N)ccc12. The molecule has 0 bridgehead atoms. The van der Waals surface area contributed by atoms with Crippen LogP contribution in [0.2, 0.25) is 0 Å². The van der Waals surface area contributed by atoms with Crippen molar-refractivity contribution in [1.82, 2.24) is 9.71 Å². The van der Waals surface area contributed by atoms with Gasteiger partial charge in [-0.25, -0.2) is 13.1 Å². The number of H-pyrrole nitrogens is 1. The van der Waals surface area contributed by atoms with Crippen LogP contribution in [0.25, 0.3) is 10.9 Å². The predicted octanol–water partition coefficient (Wildman–Crippen LogP) is 1.44. The maximum atomic E-state index is 12.5. The highest BCUT2D eigenvalue weighted by atomic mass is 32.2. The summed E-state index contributed by atoms with van der Waals surface area (Å²) in [5.74, 6) is 0.0905. The van der Waals surface area contributed by atoms with Crippen LogP contribution in [0.15, 0.2) is 29.3 Å². The van der Waals surface area contributed by atoms with E-state index in [2.05, 4.69) is 9.71 Å². The first-order valence-electron chi connectivity index (χ1n) is 6.85. The molecular weight excluding hydrogens is 290 g/mol. The van der Waals surface area contributed by atoms with Gasteiger partial charge in [0.25, 0.3) is 0 Å². The summed E-state index contributed by atoms with van der Waals surface area (Å²) in [5.41, 5.74) is 6.94. The van der Waals surface area contributed by atoms with E-state index in [4.69, 9.17) is 10.8 Å². The topological polar surface area (TPSA) is 108 Å². The Morgan fingerprint density at radius 1 is 1.38 bits per heavy atom. The van der Waals surface area contributed by atoms with Crippen molar-refractivity contribution in [2.75, 3.05) is 12.3 Å². The van der Waals surface area contributed by atoms with Gasteiger partial charge in [0.15, 0.2) is 0 Å². The standard InChI is InChI=1S/C14H21N3O3S/c1-9(2)12(5-6-18)17-21(19,20)14-8-16-13-7-10(15)3-4-11(13)14/h3-4,7-9,12,16-18H,5-6,15H2,1-2H3. The smallest absolute Gasteiger partial charge is 0.242 e. The van der Waals surface area contributed by atoms with Crippen molar-refractivity contribution in [2.24, 2.45) is 5.92 Å². The van der Waals surface area contributed by atoms with Crippen LogP contribution >= 0.6 is 0 Å². The Kier molecular flexibility index (Phi) is 4.55.